The molecule has 2 fully saturated rings. The lowest BCUT2D eigenvalue weighted by atomic mass is 9.74. The lowest BCUT2D eigenvalue weighted by Gasteiger charge is -2.44. The zero-order chi connectivity index (χ0) is 20.7. The first-order chi connectivity index (χ1) is 14.8. The van der Waals surface area contributed by atoms with Gasteiger partial charge >= 0.3 is 0 Å². The number of rotatable bonds is 5. The van der Waals surface area contributed by atoms with E-state index >= 15 is 0 Å². The number of likely N-dealkylation sites (tertiary alicyclic amines) is 1. The molecule has 1 N–H and O–H groups in total. The third kappa shape index (κ3) is 6.40. The average molecular weight is 538 g/mol. The zero-order valence-electron chi connectivity index (χ0n) is 18.6. The lowest BCUT2D eigenvalue weighted by Crippen LogP contribution is -2.50. The highest BCUT2D eigenvalue weighted by molar-refractivity contribution is 14.0. The minimum atomic E-state index is 0. The molecule has 1 aliphatic carbocycles. The molecule has 7 nitrogen and oxygen atoms in total. The molecule has 8 heteroatoms. The Kier molecular flexibility index (Phi) is 9.10. The highest BCUT2D eigenvalue weighted by atomic mass is 127. The standard InChI is InChI=1S/C23H34N6O.HI/c1-2-24-22(29-17-9-14-23(18-29)12-6-3-4-7-13-23)26-16-11-20-27-21(30-28-20)19-10-5-8-15-25-19;/h5,8,10,15H,2-4,6-7,9,11-14,16-18H2,1H3,(H,24,26);1H. The highest BCUT2D eigenvalue weighted by Gasteiger charge is 2.36. The number of hydrogen-bond donors (Lipinski definition) is 1. The van der Waals surface area contributed by atoms with Crippen molar-refractivity contribution in [1.82, 2.24) is 25.3 Å². The van der Waals surface area contributed by atoms with Gasteiger partial charge in [-0.3, -0.25) is 9.98 Å². The van der Waals surface area contributed by atoms with Crippen LogP contribution in [0.5, 0.6) is 0 Å². The van der Waals surface area contributed by atoms with Gasteiger partial charge < -0.3 is 14.7 Å². The normalized spacial score (nSPS) is 19.0. The van der Waals surface area contributed by atoms with Crippen LogP contribution < -0.4 is 5.32 Å². The molecule has 1 saturated heterocycles. The molecular formula is C23H35IN6O. The molecule has 1 spiro atoms. The van der Waals surface area contributed by atoms with Crippen molar-refractivity contribution in [3.63, 3.8) is 0 Å². The molecule has 3 heterocycles. The third-order valence-electron chi connectivity index (χ3n) is 6.41. The number of nitrogens with zero attached hydrogens (tertiary/aromatic N) is 5. The van der Waals surface area contributed by atoms with E-state index in [-0.39, 0.29) is 24.0 Å². The van der Waals surface area contributed by atoms with Gasteiger partial charge in [-0.2, -0.15) is 4.98 Å². The molecule has 4 rings (SSSR count). The summed E-state index contributed by atoms with van der Waals surface area (Å²) >= 11 is 0. The fraction of sp³-hybridized carbons (Fsp3) is 0.652. The van der Waals surface area contributed by atoms with Crippen LogP contribution in [0.25, 0.3) is 11.6 Å². The van der Waals surface area contributed by atoms with Gasteiger partial charge in [0.1, 0.15) is 5.69 Å². The van der Waals surface area contributed by atoms with Crippen LogP contribution in [0.15, 0.2) is 33.9 Å². The molecule has 0 bridgehead atoms. The second-order valence-corrected chi connectivity index (χ2v) is 8.66. The Morgan fingerprint density at radius 3 is 2.71 bits per heavy atom. The Hall–Kier alpha value is -1.71. The largest absolute Gasteiger partial charge is 0.357 e. The monoisotopic (exact) mass is 538 g/mol. The summed E-state index contributed by atoms with van der Waals surface area (Å²) in [6, 6.07) is 5.66. The smallest absolute Gasteiger partial charge is 0.276 e. The Morgan fingerprint density at radius 1 is 1.16 bits per heavy atom. The first-order valence-corrected chi connectivity index (χ1v) is 11.6. The molecule has 0 amide bonds. The number of nitrogens with one attached hydrogen (secondary N) is 1. The van der Waals surface area contributed by atoms with Crippen LogP contribution in [0.1, 0.15) is 64.1 Å². The molecule has 0 atom stereocenters. The first-order valence-electron chi connectivity index (χ1n) is 11.6. The van der Waals surface area contributed by atoms with Gasteiger partial charge in [-0.1, -0.05) is 36.9 Å². The zero-order valence-corrected chi connectivity index (χ0v) is 20.9. The Bertz CT molecular complexity index is 816. The number of pyridine rings is 1. The van der Waals surface area contributed by atoms with Crippen LogP contribution in [0.3, 0.4) is 0 Å². The van der Waals surface area contributed by atoms with Gasteiger partial charge in [0.2, 0.25) is 0 Å². The maximum Gasteiger partial charge on any atom is 0.276 e. The van der Waals surface area contributed by atoms with Gasteiger partial charge in [-0.15, -0.1) is 24.0 Å². The van der Waals surface area contributed by atoms with E-state index in [0.717, 1.165) is 25.6 Å². The molecule has 170 valence electrons. The fourth-order valence-electron chi connectivity index (χ4n) is 4.91. The number of aromatic nitrogens is 3. The molecular weight excluding hydrogens is 503 g/mol. The van der Waals surface area contributed by atoms with Crippen molar-refractivity contribution >= 4 is 29.9 Å². The van der Waals surface area contributed by atoms with E-state index < -0.39 is 0 Å². The maximum absolute atomic E-state index is 5.36. The second kappa shape index (κ2) is 11.8. The van der Waals surface area contributed by atoms with Crippen molar-refractivity contribution in [2.45, 2.75) is 64.7 Å². The molecule has 31 heavy (non-hydrogen) atoms. The molecule has 2 aromatic heterocycles. The summed E-state index contributed by atoms with van der Waals surface area (Å²) in [5.74, 6) is 2.18. The van der Waals surface area contributed by atoms with Gasteiger partial charge in [0.05, 0.1) is 0 Å². The van der Waals surface area contributed by atoms with Crippen molar-refractivity contribution in [2.24, 2.45) is 10.4 Å². The third-order valence-corrected chi connectivity index (χ3v) is 6.41. The van der Waals surface area contributed by atoms with Gasteiger partial charge in [-0.25, -0.2) is 0 Å². The van der Waals surface area contributed by atoms with Gasteiger partial charge in [0, 0.05) is 38.8 Å². The molecule has 1 aliphatic heterocycles. The first kappa shape index (κ1) is 23.9. The van der Waals surface area contributed by atoms with Crippen molar-refractivity contribution in [2.75, 3.05) is 26.2 Å². The Labute approximate surface area is 202 Å². The van der Waals surface area contributed by atoms with Crippen molar-refractivity contribution in [3.8, 4) is 11.6 Å². The summed E-state index contributed by atoms with van der Waals surface area (Å²) in [5, 5.41) is 7.61. The molecule has 2 aliphatic rings. The van der Waals surface area contributed by atoms with E-state index in [4.69, 9.17) is 9.52 Å². The quantitative estimate of drug-likeness (QED) is 0.338. The van der Waals surface area contributed by atoms with Crippen LogP contribution in [0.4, 0.5) is 0 Å². The lowest BCUT2D eigenvalue weighted by molar-refractivity contribution is 0.115. The molecule has 0 aromatic carbocycles. The summed E-state index contributed by atoms with van der Waals surface area (Å²) in [4.78, 5) is 16.1. The number of guanidine groups is 1. The Balaban J connectivity index is 0.00000272. The fourth-order valence-corrected chi connectivity index (χ4v) is 4.91. The minimum absolute atomic E-state index is 0. The summed E-state index contributed by atoms with van der Waals surface area (Å²) in [6.07, 6.45) is 13.4. The van der Waals surface area contributed by atoms with E-state index in [1.54, 1.807) is 6.20 Å². The SMILES string of the molecule is CCNC(=NCCc1noc(-c2ccccn2)n1)N1CCCC2(CCCCCC2)C1.I. The van der Waals surface area contributed by atoms with Crippen LogP contribution in [-0.2, 0) is 6.42 Å². The molecule has 1 saturated carbocycles. The predicted molar refractivity (Wildman–Crippen MR) is 134 cm³/mol. The summed E-state index contributed by atoms with van der Waals surface area (Å²) in [7, 11) is 0. The van der Waals surface area contributed by atoms with E-state index in [1.807, 2.05) is 18.2 Å². The van der Waals surface area contributed by atoms with Crippen molar-refractivity contribution in [3.05, 3.63) is 30.2 Å². The van der Waals surface area contributed by atoms with Crippen molar-refractivity contribution < 1.29 is 4.52 Å². The van der Waals surface area contributed by atoms with Gasteiger partial charge in [0.25, 0.3) is 5.89 Å². The van der Waals surface area contributed by atoms with Crippen LogP contribution in [0, 0.1) is 5.41 Å². The predicted octanol–water partition coefficient (Wildman–Crippen LogP) is 4.69. The number of halogens is 1. The van der Waals surface area contributed by atoms with Crippen LogP contribution in [0.2, 0.25) is 0 Å². The molecule has 0 radical (unpaired) electrons. The van der Waals surface area contributed by atoms with Gasteiger partial charge in [-0.05, 0) is 50.2 Å². The number of aliphatic imine (C=N–C) groups is 1. The molecule has 2 aromatic rings. The van der Waals surface area contributed by atoms with Gasteiger partial charge in [0.15, 0.2) is 11.8 Å². The topological polar surface area (TPSA) is 79.4 Å². The summed E-state index contributed by atoms with van der Waals surface area (Å²) < 4.78 is 5.36. The van der Waals surface area contributed by atoms with Crippen LogP contribution >= 0.6 is 24.0 Å². The highest BCUT2D eigenvalue weighted by Crippen LogP contribution is 2.42. The minimum Gasteiger partial charge on any atom is -0.357 e. The average Bonchev–Trinajstić information content (AvgIpc) is 3.14. The molecule has 0 unspecified atom stereocenters. The van der Waals surface area contributed by atoms with Crippen molar-refractivity contribution in [1.29, 1.82) is 0 Å². The van der Waals surface area contributed by atoms with E-state index in [9.17, 15) is 0 Å². The number of piperidine rings is 1. The second-order valence-electron chi connectivity index (χ2n) is 8.66. The Morgan fingerprint density at radius 2 is 1.97 bits per heavy atom. The maximum atomic E-state index is 5.36. The number of hydrogen-bond acceptors (Lipinski definition) is 5. The summed E-state index contributed by atoms with van der Waals surface area (Å²) in [5.41, 5.74) is 1.20. The summed E-state index contributed by atoms with van der Waals surface area (Å²) in [6.45, 7) is 5.91. The van der Waals surface area contributed by atoms with Crippen LogP contribution in [-0.4, -0.2) is 52.2 Å². The van der Waals surface area contributed by atoms with E-state index in [1.165, 1.54) is 51.4 Å². The van der Waals surface area contributed by atoms with E-state index in [0.29, 0.717) is 35.8 Å². The van der Waals surface area contributed by atoms with E-state index in [2.05, 4.69) is 32.3 Å².